The Bertz CT molecular complexity index is 1190. The van der Waals surface area contributed by atoms with Crippen LogP contribution in [0, 0.1) is 19.7 Å². The number of halogens is 2. The summed E-state index contributed by atoms with van der Waals surface area (Å²) in [5.41, 5.74) is 2.59. The molecule has 2 aromatic heterocycles. The van der Waals surface area contributed by atoms with Crippen molar-refractivity contribution >= 4 is 22.6 Å². The molecular formula is C19H14ClFN4O. The van der Waals surface area contributed by atoms with Gasteiger partial charge >= 0.3 is 0 Å². The van der Waals surface area contributed by atoms with Crippen molar-refractivity contribution in [3.8, 4) is 11.4 Å². The Morgan fingerprint density at radius 2 is 1.73 bits per heavy atom. The number of hydrogen-bond donors (Lipinski definition) is 0. The fourth-order valence-electron chi connectivity index (χ4n) is 2.87. The number of nitrogens with zero attached hydrogens (tertiary/aromatic N) is 4. The molecule has 4 rings (SSSR count). The first-order chi connectivity index (χ1) is 12.5. The van der Waals surface area contributed by atoms with Gasteiger partial charge in [-0.05, 0) is 44.2 Å². The number of benzene rings is 2. The van der Waals surface area contributed by atoms with Crippen molar-refractivity contribution < 1.29 is 4.39 Å². The Kier molecular flexibility index (Phi) is 3.85. The van der Waals surface area contributed by atoms with Crippen LogP contribution in [-0.4, -0.2) is 19.3 Å². The van der Waals surface area contributed by atoms with Crippen molar-refractivity contribution in [2.75, 3.05) is 0 Å². The molecule has 0 unspecified atom stereocenters. The van der Waals surface area contributed by atoms with Crippen LogP contribution in [0.4, 0.5) is 4.39 Å². The summed E-state index contributed by atoms with van der Waals surface area (Å²) in [5, 5.41) is 4.64. The molecule has 2 heterocycles. The van der Waals surface area contributed by atoms with E-state index in [9.17, 15) is 9.18 Å². The first-order valence-electron chi connectivity index (χ1n) is 7.95. The predicted molar refractivity (Wildman–Crippen MR) is 98.9 cm³/mol. The summed E-state index contributed by atoms with van der Waals surface area (Å²) >= 11 is 5.86. The largest absolute Gasteiger partial charge is 0.269 e. The van der Waals surface area contributed by atoms with Gasteiger partial charge in [0, 0.05) is 0 Å². The lowest BCUT2D eigenvalue weighted by Gasteiger charge is -2.11. The van der Waals surface area contributed by atoms with E-state index in [0.717, 1.165) is 11.3 Å². The van der Waals surface area contributed by atoms with Crippen molar-refractivity contribution in [2.24, 2.45) is 0 Å². The molecule has 0 aliphatic heterocycles. The molecule has 130 valence electrons. The maximum Gasteiger partial charge on any atom is 0.269 e. The third-order valence-electron chi connectivity index (χ3n) is 4.21. The van der Waals surface area contributed by atoms with Gasteiger partial charge in [-0.15, -0.1) is 0 Å². The lowest BCUT2D eigenvalue weighted by molar-refractivity contribution is 0.627. The van der Waals surface area contributed by atoms with Crippen LogP contribution in [0.5, 0.6) is 0 Å². The SMILES string of the molecule is Cc1ccc(-n2ncc3c(=O)n(-c4ccc(F)c(Cl)c4)c(C)nc32)cc1. The van der Waals surface area contributed by atoms with Gasteiger partial charge in [0.25, 0.3) is 5.56 Å². The summed E-state index contributed by atoms with van der Waals surface area (Å²) in [4.78, 5) is 17.5. The molecule has 0 aliphatic carbocycles. The van der Waals surface area contributed by atoms with E-state index >= 15 is 0 Å². The fourth-order valence-corrected chi connectivity index (χ4v) is 3.05. The van der Waals surface area contributed by atoms with Crippen LogP contribution in [0.3, 0.4) is 0 Å². The van der Waals surface area contributed by atoms with E-state index in [1.165, 1.54) is 29.0 Å². The molecule has 0 atom stereocenters. The van der Waals surface area contributed by atoms with Gasteiger partial charge in [-0.2, -0.15) is 5.10 Å². The standard InChI is InChI=1S/C19H14ClFN4O/c1-11-3-5-13(6-4-11)25-18-15(10-22-25)19(26)24(12(2)23-18)14-7-8-17(21)16(20)9-14/h3-10H,1-2H3. The van der Waals surface area contributed by atoms with Crippen LogP contribution < -0.4 is 5.56 Å². The van der Waals surface area contributed by atoms with Crippen molar-refractivity contribution in [3.63, 3.8) is 0 Å². The third kappa shape index (κ3) is 2.59. The van der Waals surface area contributed by atoms with E-state index in [-0.39, 0.29) is 10.6 Å². The maximum atomic E-state index is 13.4. The van der Waals surface area contributed by atoms with Gasteiger partial charge < -0.3 is 0 Å². The van der Waals surface area contributed by atoms with Gasteiger partial charge in [0.1, 0.15) is 17.0 Å². The molecule has 4 aromatic rings. The average molecular weight is 369 g/mol. The molecular weight excluding hydrogens is 355 g/mol. The molecule has 0 fully saturated rings. The van der Waals surface area contributed by atoms with Crippen molar-refractivity contribution in [2.45, 2.75) is 13.8 Å². The molecule has 7 heteroatoms. The number of rotatable bonds is 2. The molecule has 0 saturated carbocycles. The van der Waals surface area contributed by atoms with Crippen molar-refractivity contribution in [1.82, 2.24) is 19.3 Å². The normalized spacial score (nSPS) is 11.2. The van der Waals surface area contributed by atoms with Gasteiger partial charge in [0.05, 0.1) is 22.6 Å². The Hall–Kier alpha value is -2.99. The zero-order chi connectivity index (χ0) is 18.4. The van der Waals surface area contributed by atoms with E-state index in [4.69, 9.17) is 11.6 Å². The highest BCUT2D eigenvalue weighted by atomic mass is 35.5. The van der Waals surface area contributed by atoms with E-state index in [1.807, 2.05) is 31.2 Å². The smallest absolute Gasteiger partial charge is 0.268 e. The summed E-state index contributed by atoms with van der Waals surface area (Å²) in [7, 11) is 0. The minimum atomic E-state index is -0.539. The molecule has 5 nitrogen and oxygen atoms in total. The highest BCUT2D eigenvalue weighted by Crippen LogP contribution is 2.20. The molecule has 0 bridgehead atoms. The van der Waals surface area contributed by atoms with Crippen LogP contribution in [0.25, 0.3) is 22.4 Å². The van der Waals surface area contributed by atoms with Crippen LogP contribution in [0.1, 0.15) is 11.4 Å². The Morgan fingerprint density at radius 1 is 1.04 bits per heavy atom. The Labute approximate surface area is 153 Å². The predicted octanol–water partition coefficient (Wildman–Crippen LogP) is 3.98. The topological polar surface area (TPSA) is 52.7 Å². The van der Waals surface area contributed by atoms with Gasteiger partial charge in [-0.3, -0.25) is 9.36 Å². The molecule has 0 spiro atoms. The second-order valence-electron chi connectivity index (χ2n) is 6.03. The van der Waals surface area contributed by atoms with Gasteiger partial charge in [0.15, 0.2) is 5.65 Å². The monoisotopic (exact) mass is 368 g/mol. The fraction of sp³-hybridized carbons (Fsp3) is 0.105. The molecule has 0 saturated heterocycles. The van der Waals surface area contributed by atoms with Gasteiger partial charge in [-0.1, -0.05) is 29.3 Å². The summed E-state index contributed by atoms with van der Waals surface area (Å²) in [6.45, 7) is 3.71. The summed E-state index contributed by atoms with van der Waals surface area (Å²) in [6, 6.07) is 11.9. The molecule has 0 N–H and O–H groups in total. The quantitative estimate of drug-likeness (QED) is 0.537. The Morgan fingerprint density at radius 3 is 2.42 bits per heavy atom. The van der Waals surface area contributed by atoms with E-state index in [0.29, 0.717) is 22.5 Å². The number of hydrogen-bond acceptors (Lipinski definition) is 3. The summed E-state index contributed by atoms with van der Waals surface area (Å²) < 4.78 is 16.5. The molecule has 2 aromatic carbocycles. The second-order valence-corrected chi connectivity index (χ2v) is 6.43. The van der Waals surface area contributed by atoms with E-state index < -0.39 is 5.82 Å². The Balaban J connectivity index is 1.95. The van der Waals surface area contributed by atoms with Crippen LogP contribution >= 0.6 is 11.6 Å². The minimum Gasteiger partial charge on any atom is -0.268 e. The zero-order valence-electron chi connectivity index (χ0n) is 14.1. The maximum absolute atomic E-state index is 13.4. The van der Waals surface area contributed by atoms with Gasteiger partial charge in [0.2, 0.25) is 0 Å². The highest BCUT2D eigenvalue weighted by Gasteiger charge is 2.16. The number of aryl methyl sites for hydroxylation is 2. The van der Waals surface area contributed by atoms with Crippen molar-refractivity contribution in [1.29, 1.82) is 0 Å². The summed E-state index contributed by atoms with van der Waals surface area (Å²) in [6.07, 6.45) is 1.49. The van der Waals surface area contributed by atoms with Crippen LogP contribution in [-0.2, 0) is 0 Å². The number of aromatic nitrogens is 4. The highest BCUT2D eigenvalue weighted by molar-refractivity contribution is 6.30. The van der Waals surface area contributed by atoms with Crippen LogP contribution in [0.2, 0.25) is 5.02 Å². The number of fused-ring (bicyclic) bond motifs is 1. The minimum absolute atomic E-state index is 0.0516. The molecule has 26 heavy (non-hydrogen) atoms. The zero-order valence-corrected chi connectivity index (χ0v) is 14.8. The summed E-state index contributed by atoms with van der Waals surface area (Å²) in [5.74, 6) is -0.0821. The lowest BCUT2D eigenvalue weighted by atomic mass is 10.2. The lowest BCUT2D eigenvalue weighted by Crippen LogP contribution is -2.22. The average Bonchev–Trinajstić information content (AvgIpc) is 3.03. The van der Waals surface area contributed by atoms with Gasteiger partial charge in [-0.25, -0.2) is 14.1 Å². The first-order valence-corrected chi connectivity index (χ1v) is 8.33. The second kappa shape index (κ2) is 6.07. The molecule has 0 aliphatic rings. The third-order valence-corrected chi connectivity index (χ3v) is 4.50. The molecule has 0 radical (unpaired) electrons. The van der Waals surface area contributed by atoms with E-state index in [2.05, 4.69) is 10.1 Å². The van der Waals surface area contributed by atoms with Crippen molar-refractivity contribution in [3.05, 3.63) is 81.2 Å². The van der Waals surface area contributed by atoms with E-state index in [1.54, 1.807) is 11.6 Å². The molecule has 0 amide bonds. The van der Waals surface area contributed by atoms with Crippen LogP contribution in [0.15, 0.2) is 53.5 Å². The first kappa shape index (κ1) is 16.5.